The average Bonchev–Trinajstić information content (AvgIpc) is 3.22. The van der Waals surface area contributed by atoms with Crippen LogP contribution in [-0.2, 0) is 4.79 Å². The summed E-state index contributed by atoms with van der Waals surface area (Å²) in [7, 11) is 1.63. The molecule has 0 fully saturated rings. The molecule has 3 rings (SSSR count). The van der Waals surface area contributed by atoms with Gasteiger partial charge >= 0.3 is 0 Å². The van der Waals surface area contributed by atoms with Gasteiger partial charge < -0.3 is 9.64 Å². The first-order chi connectivity index (χ1) is 13.7. The Morgan fingerprint density at radius 3 is 2.39 bits per heavy atom. The second-order valence-corrected chi connectivity index (χ2v) is 7.19. The molecule has 0 aliphatic carbocycles. The molecule has 0 saturated heterocycles. The third-order valence-electron chi connectivity index (χ3n) is 4.45. The quantitative estimate of drug-likeness (QED) is 0.578. The number of rotatable bonds is 8. The summed E-state index contributed by atoms with van der Waals surface area (Å²) < 4.78 is 5.19. The molecule has 146 valence electrons. The summed E-state index contributed by atoms with van der Waals surface area (Å²) in [5.74, 6) is 1.51. The Hall–Kier alpha value is -2.80. The maximum Gasteiger partial charge on any atom is 0.240 e. The Morgan fingerprint density at radius 2 is 1.79 bits per heavy atom. The van der Waals surface area contributed by atoms with Crippen molar-refractivity contribution in [3.63, 3.8) is 0 Å². The van der Waals surface area contributed by atoms with Crippen LogP contribution < -0.4 is 4.74 Å². The molecule has 28 heavy (non-hydrogen) atoms. The highest BCUT2D eigenvalue weighted by molar-refractivity contribution is 8.00. The standard InChI is InChI=1S/C21H24N4O2S/c1-4-25(5-2)20(26)18(15-9-7-6-8-10-15)28-21-22-19(23-24-21)16-11-13-17(27-3)14-12-16/h6-14,18H,4-5H2,1-3H3,(H,22,23,24). The maximum absolute atomic E-state index is 13.1. The Balaban J connectivity index is 1.84. The largest absolute Gasteiger partial charge is 0.497 e. The fourth-order valence-corrected chi connectivity index (χ4v) is 3.87. The Morgan fingerprint density at radius 1 is 1.11 bits per heavy atom. The number of amides is 1. The van der Waals surface area contributed by atoms with E-state index >= 15 is 0 Å². The van der Waals surface area contributed by atoms with Crippen molar-refractivity contribution in [1.82, 2.24) is 20.1 Å². The minimum atomic E-state index is -0.388. The number of benzene rings is 2. The van der Waals surface area contributed by atoms with Gasteiger partial charge in [-0.25, -0.2) is 4.98 Å². The van der Waals surface area contributed by atoms with Crippen LogP contribution in [0.3, 0.4) is 0 Å². The molecule has 0 aliphatic rings. The van der Waals surface area contributed by atoms with E-state index < -0.39 is 0 Å². The van der Waals surface area contributed by atoms with Crippen molar-refractivity contribution in [2.75, 3.05) is 20.2 Å². The van der Waals surface area contributed by atoms with Gasteiger partial charge in [0.15, 0.2) is 5.82 Å². The van der Waals surface area contributed by atoms with Crippen LogP contribution in [0.25, 0.3) is 11.4 Å². The number of nitrogens with zero attached hydrogens (tertiary/aromatic N) is 3. The topological polar surface area (TPSA) is 71.1 Å². The number of ether oxygens (including phenoxy) is 1. The van der Waals surface area contributed by atoms with Crippen molar-refractivity contribution >= 4 is 17.7 Å². The average molecular weight is 397 g/mol. The smallest absolute Gasteiger partial charge is 0.240 e. The molecule has 1 heterocycles. The lowest BCUT2D eigenvalue weighted by Gasteiger charge is -2.24. The van der Waals surface area contributed by atoms with Crippen molar-refractivity contribution in [2.45, 2.75) is 24.3 Å². The molecule has 0 aliphatic heterocycles. The molecule has 0 radical (unpaired) electrons. The highest BCUT2D eigenvalue weighted by Gasteiger charge is 2.27. The normalized spacial score (nSPS) is 11.8. The summed E-state index contributed by atoms with van der Waals surface area (Å²) >= 11 is 1.36. The summed E-state index contributed by atoms with van der Waals surface area (Å²) in [6.45, 7) is 5.32. The van der Waals surface area contributed by atoms with E-state index in [1.807, 2.05) is 73.3 Å². The highest BCUT2D eigenvalue weighted by Crippen LogP contribution is 2.35. The molecule has 7 heteroatoms. The first-order valence-corrected chi connectivity index (χ1v) is 10.1. The van der Waals surface area contributed by atoms with E-state index in [4.69, 9.17) is 4.74 Å². The predicted molar refractivity (Wildman–Crippen MR) is 111 cm³/mol. The van der Waals surface area contributed by atoms with Gasteiger partial charge in [-0.3, -0.25) is 9.89 Å². The minimum Gasteiger partial charge on any atom is -0.497 e. The second-order valence-electron chi connectivity index (χ2n) is 6.11. The van der Waals surface area contributed by atoms with Gasteiger partial charge in [-0.2, -0.15) is 0 Å². The number of thioether (sulfide) groups is 1. The van der Waals surface area contributed by atoms with Crippen LogP contribution in [0.4, 0.5) is 0 Å². The second kappa shape index (κ2) is 9.41. The van der Waals surface area contributed by atoms with E-state index in [0.717, 1.165) is 16.9 Å². The van der Waals surface area contributed by atoms with Gasteiger partial charge in [-0.15, -0.1) is 5.10 Å². The zero-order valence-corrected chi connectivity index (χ0v) is 17.1. The first kappa shape index (κ1) is 19.9. The molecule has 3 aromatic rings. The number of aromatic amines is 1. The number of carbonyl (C=O) groups is 1. The molecule has 0 spiro atoms. The lowest BCUT2D eigenvalue weighted by atomic mass is 10.1. The summed E-state index contributed by atoms with van der Waals surface area (Å²) in [5, 5.41) is 7.44. The zero-order chi connectivity index (χ0) is 19.9. The van der Waals surface area contributed by atoms with E-state index in [2.05, 4.69) is 15.2 Å². The summed E-state index contributed by atoms with van der Waals surface area (Å²) in [4.78, 5) is 19.5. The molecule has 6 nitrogen and oxygen atoms in total. The van der Waals surface area contributed by atoms with Crippen LogP contribution in [-0.4, -0.2) is 46.2 Å². The summed E-state index contributed by atoms with van der Waals surface area (Å²) in [6.07, 6.45) is 0. The van der Waals surface area contributed by atoms with Crippen molar-refractivity contribution in [1.29, 1.82) is 0 Å². The van der Waals surface area contributed by atoms with Crippen LogP contribution in [0.15, 0.2) is 59.8 Å². The van der Waals surface area contributed by atoms with Crippen molar-refractivity contribution in [3.8, 4) is 17.1 Å². The van der Waals surface area contributed by atoms with E-state index in [-0.39, 0.29) is 11.2 Å². The van der Waals surface area contributed by atoms with Crippen LogP contribution in [0.1, 0.15) is 24.7 Å². The number of methoxy groups -OCH3 is 1. The van der Waals surface area contributed by atoms with Crippen LogP contribution >= 0.6 is 11.8 Å². The van der Waals surface area contributed by atoms with Crippen LogP contribution in [0, 0.1) is 0 Å². The van der Waals surface area contributed by atoms with Crippen LogP contribution in [0.2, 0.25) is 0 Å². The van der Waals surface area contributed by atoms with Crippen molar-refractivity contribution in [2.24, 2.45) is 0 Å². The fraction of sp³-hybridized carbons (Fsp3) is 0.286. The van der Waals surface area contributed by atoms with Gasteiger partial charge in [0, 0.05) is 18.7 Å². The highest BCUT2D eigenvalue weighted by atomic mass is 32.2. The third kappa shape index (κ3) is 4.54. The monoisotopic (exact) mass is 396 g/mol. The van der Waals surface area contributed by atoms with E-state index in [0.29, 0.717) is 24.1 Å². The lowest BCUT2D eigenvalue weighted by Crippen LogP contribution is -2.33. The molecule has 0 bridgehead atoms. The molecule has 0 saturated carbocycles. The maximum atomic E-state index is 13.1. The van der Waals surface area contributed by atoms with E-state index in [9.17, 15) is 4.79 Å². The number of nitrogens with one attached hydrogen (secondary N) is 1. The number of carbonyl (C=O) groups excluding carboxylic acids is 1. The number of hydrogen-bond acceptors (Lipinski definition) is 5. The molecular weight excluding hydrogens is 372 g/mol. The van der Waals surface area contributed by atoms with Gasteiger partial charge in [0.25, 0.3) is 0 Å². The number of hydrogen-bond donors (Lipinski definition) is 1. The fourth-order valence-electron chi connectivity index (χ4n) is 2.87. The van der Waals surface area contributed by atoms with E-state index in [1.165, 1.54) is 11.8 Å². The molecule has 2 aromatic carbocycles. The Labute approximate surface area is 169 Å². The molecular formula is C21H24N4O2S. The molecule has 1 atom stereocenters. The molecule has 1 amide bonds. The SMILES string of the molecule is CCN(CC)C(=O)C(Sc1n[nH]c(-c2ccc(OC)cc2)n1)c1ccccc1. The van der Waals surface area contributed by atoms with Gasteiger partial charge in [0.2, 0.25) is 11.1 Å². The number of likely N-dealkylation sites (N-methyl/N-ethyl adjacent to an activating group) is 1. The van der Waals surface area contributed by atoms with Gasteiger partial charge in [-0.1, -0.05) is 42.1 Å². The zero-order valence-electron chi connectivity index (χ0n) is 16.3. The van der Waals surface area contributed by atoms with Crippen molar-refractivity contribution in [3.05, 3.63) is 60.2 Å². The lowest BCUT2D eigenvalue weighted by molar-refractivity contribution is -0.130. The number of H-pyrrole nitrogens is 1. The molecule has 1 aromatic heterocycles. The van der Waals surface area contributed by atoms with Crippen LogP contribution in [0.5, 0.6) is 5.75 Å². The van der Waals surface area contributed by atoms with Gasteiger partial charge in [0.1, 0.15) is 11.0 Å². The molecule has 1 unspecified atom stereocenters. The van der Waals surface area contributed by atoms with Crippen molar-refractivity contribution < 1.29 is 9.53 Å². The van der Waals surface area contributed by atoms with E-state index in [1.54, 1.807) is 7.11 Å². The summed E-state index contributed by atoms with van der Waals surface area (Å²) in [5.41, 5.74) is 1.85. The molecule has 1 N–H and O–H groups in total. The van der Waals surface area contributed by atoms with Gasteiger partial charge in [-0.05, 0) is 43.7 Å². The minimum absolute atomic E-state index is 0.0667. The van der Waals surface area contributed by atoms with Gasteiger partial charge in [0.05, 0.1) is 7.11 Å². The Bertz CT molecular complexity index is 892. The third-order valence-corrected chi connectivity index (χ3v) is 5.56. The Kier molecular flexibility index (Phi) is 6.71. The summed E-state index contributed by atoms with van der Waals surface area (Å²) in [6, 6.07) is 17.4. The predicted octanol–water partition coefficient (Wildman–Crippen LogP) is 4.18. The number of aromatic nitrogens is 3. The first-order valence-electron chi connectivity index (χ1n) is 9.23.